The van der Waals surface area contributed by atoms with Gasteiger partial charge in [-0.3, -0.25) is 4.99 Å². The number of rotatable bonds is 5. The van der Waals surface area contributed by atoms with Crippen molar-refractivity contribution in [2.24, 2.45) is 15.8 Å². The first kappa shape index (κ1) is 17.0. The maximum atomic E-state index is 5.86. The zero-order chi connectivity index (χ0) is 17.6. The highest BCUT2D eigenvalue weighted by atomic mass is 35.5. The molecule has 0 amide bonds. The molecule has 0 fully saturated rings. The molecule has 0 radical (unpaired) electrons. The fourth-order valence-electron chi connectivity index (χ4n) is 2.53. The molecule has 3 rings (SSSR count). The maximum absolute atomic E-state index is 5.86. The van der Waals surface area contributed by atoms with E-state index in [1.54, 1.807) is 6.21 Å². The van der Waals surface area contributed by atoms with Crippen molar-refractivity contribution >= 4 is 34.7 Å². The van der Waals surface area contributed by atoms with Crippen molar-refractivity contribution in [3.8, 4) is 0 Å². The number of nitrogens with two attached hydrogens (primary N) is 1. The van der Waals surface area contributed by atoms with Crippen molar-refractivity contribution in [1.82, 2.24) is 10.4 Å². The van der Waals surface area contributed by atoms with Crippen LogP contribution in [0.15, 0.2) is 58.8 Å². The Labute approximate surface area is 151 Å². The number of aromatic nitrogens is 1. The van der Waals surface area contributed by atoms with E-state index in [9.17, 15) is 0 Å². The van der Waals surface area contributed by atoms with Gasteiger partial charge in [-0.1, -0.05) is 35.9 Å². The summed E-state index contributed by atoms with van der Waals surface area (Å²) in [6, 6.07) is 14.0. The zero-order valence-corrected chi connectivity index (χ0v) is 14.7. The number of aromatic amines is 1. The number of guanidine groups is 1. The average molecular weight is 354 g/mol. The van der Waals surface area contributed by atoms with Gasteiger partial charge in [0.15, 0.2) is 0 Å². The molecule has 1 aromatic heterocycles. The third kappa shape index (κ3) is 4.61. The predicted octanol–water partition coefficient (Wildman–Crippen LogP) is 3.61. The predicted molar refractivity (Wildman–Crippen MR) is 105 cm³/mol. The summed E-state index contributed by atoms with van der Waals surface area (Å²) < 4.78 is 0. The van der Waals surface area contributed by atoms with Crippen LogP contribution in [0.5, 0.6) is 0 Å². The lowest BCUT2D eigenvalue weighted by Gasteiger charge is -2.01. The molecule has 0 bridgehead atoms. The summed E-state index contributed by atoms with van der Waals surface area (Å²) in [6.07, 6.45) is 4.45. The molecule has 25 heavy (non-hydrogen) atoms. The van der Waals surface area contributed by atoms with Gasteiger partial charge in [0.25, 0.3) is 0 Å². The number of hydrogen-bond donors (Lipinski definition) is 3. The lowest BCUT2D eigenvalue weighted by Crippen LogP contribution is -2.27. The highest BCUT2D eigenvalue weighted by Gasteiger charge is 2.01. The monoisotopic (exact) mass is 353 g/mol. The highest BCUT2D eigenvalue weighted by Crippen LogP contribution is 2.17. The molecule has 0 saturated heterocycles. The van der Waals surface area contributed by atoms with Gasteiger partial charge in [0.2, 0.25) is 5.96 Å². The molecule has 4 N–H and O–H groups in total. The number of benzene rings is 2. The molecule has 128 valence electrons. The topological polar surface area (TPSA) is 78.6 Å². The minimum atomic E-state index is 0.292. The molecule has 3 aromatic rings. The van der Waals surface area contributed by atoms with E-state index < -0.39 is 0 Å². The minimum absolute atomic E-state index is 0.292. The Bertz CT molecular complexity index is 909. The molecule has 0 saturated carbocycles. The van der Waals surface area contributed by atoms with Crippen LogP contribution < -0.4 is 11.2 Å². The van der Waals surface area contributed by atoms with Crippen molar-refractivity contribution in [2.75, 3.05) is 6.54 Å². The van der Waals surface area contributed by atoms with Crippen molar-refractivity contribution in [2.45, 2.75) is 13.3 Å². The number of nitrogens with zero attached hydrogens (tertiary/aromatic N) is 2. The molecule has 6 heteroatoms. The third-order valence-corrected chi connectivity index (χ3v) is 4.10. The fraction of sp³-hybridized carbons (Fsp3) is 0.158. The Balaban J connectivity index is 1.54. The van der Waals surface area contributed by atoms with Gasteiger partial charge < -0.3 is 10.7 Å². The first-order valence-electron chi connectivity index (χ1n) is 8.03. The van der Waals surface area contributed by atoms with Crippen molar-refractivity contribution in [3.05, 3.63) is 70.4 Å². The van der Waals surface area contributed by atoms with E-state index in [0.717, 1.165) is 27.9 Å². The fourth-order valence-corrected chi connectivity index (χ4v) is 2.66. The van der Waals surface area contributed by atoms with Crippen LogP contribution in [-0.2, 0) is 6.42 Å². The highest BCUT2D eigenvalue weighted by molar-refractivity contribution is 6.30. The van der Waals surface area contributed by atoms with Crippen LogP contribution in [-0.4, -0.2) is 23.7 Å². The Morgan fingerprint density at radius 2 is 2.04 bits per heavy atom. The molecule has 0 aliphatic carbocycles. The van der Waals surface area contributed by atoms with E-state index in [4.69, 9.17) is 17.3 Å². The third-order valence-electron chi connectivity index (χ3n) is 3.85. The maximum Gasteiger partial charge on any atom is 0.209 e. The van der Waals surface area contributed by atoms with Gasteiger partial charge in [-0.05, 0) is 42.7 Å². The Kier molecular flexibility index (Phi) is 5.36. The second kappa shape index (κ2) is 7.85. The van der Waals surface area contributed by atoms with Crippen LogP contribution in [0.3, 0.4) is 0 Å². The lowest BCUT2D eigenvalue weighted by atomic mass is 10.1. The molecule has 2 aromatic carbocycles. The molecule has 0 aliphatic heterocycles. The van der Waals surface area contributed by atoms with Gasteiger partial charge >= 0.3 is 0 Å². The second-order valence-electron chi connectivity index (χ2n) is 5.81. The van der Waals surface area contributed by atoms with Crippen molar-refractivity contribution in [3.63, 3.8) is 0 Å². The number of aryl methyl sites for hydroxylation is 1. The van der Waals surface area contributed by atoms with E-state index in [0.29, 0.717) is 12.5 Å². The molecule has 0 aliphatic rings. The average Bonchev–Trinajstić information content (AvgIpc) is 2.99. The van der Waals surface area contributed by atoms with Crippen LogP contribution in [0.4, 0.5) is 0 Å². The standard InChI is InChI=1S/C19H20ClN5/c1-13-2-7-17-15(11-23-18(17)10-13)12-24-25-19(21)22-9-8-14-3-5-16(20)6-4-14/h2-7,10-12,23H,8-9H2,1H3,(H3,21,22,25)/b24-12+. The lowest BCUT2D eigenvalue weighted by molar-refractivity contribution is 0.926. The summed E-state index contributed by atoms with van der Waals surface area (Å²) in [4.78, 5) is 7.50. The molecule has 0 atom stereocenters. The summed E-state index contributed by atoms with van der Waals surface area (Å²) in [5, 5.41) is 6.01. The van der Waals surface area contributed by atoms with Crippen molar-refractivity contribution in [1.29, 1.82) is 0 Å². The van der Waals surface area contributed by atoms with Crippen LogP contribution in [0, 0.1) is 6.92 Å². The number of hydrazone groups is 1. The van der Waals surface area contributed by atoms with Crippen LogP contribution in [0.25, 0.3) is 10.9 Å². The number of fused-ring (bicyclic) bond motifs is 1. The number of aliphatic imine (C=N–C) groups is 1. The number of H-pyrrole nitrogens is 1. The summed E-state index contributed by atoms with van der Waals surface area (Å²) in [7, 11) is 0. The van der Waals surface area contributed by atoms with Crippen LogP contribution in [0.2, 0.25) is 5.02 Å². The quantitative estimate of drug-likeness (QED) is 0.372. The first-order chi connectivity index (χ1) is 12.1. The summed E-state index contributed by atoms with van der Waals surface area (Å²) in [5.41, 5.74) is 13.1. The van der Waals surface area contributed by atoms with Gasteiger partial charge in [-0.15, -0.1) is 0 Å². The summed E-state index contributed by atoms with van der Waals surface area (Å²) >= 11 is 5.86. The normalized spacial score (nSPS) is 12.2. The molecular formula is C19H20ClN5. The first-order valence-corrected chi connectivity index (χ1v) is 8.41. The summed E-state index contributed by atoms with van der Waals surface area (Å²) in [5.74, 6) is 0.292. The largest absolute Gasteiger partial charge is 0.369 e. The number of nitrogens with one attached hydrogen (secondary N) is 2. The molecular weight excluding hydrogens is 334 g/mol. The van der Waals surface area contributed by atoms with E-state index >= 15 is 0 Å². The van der Waals surface area contributed by atoms with Crippen LogP contribution >= 0.6 is 11.6 Å². The van der Waals surface area contributed by atoms with E-state index in [1.807, 2.05) is 30.5 Å². The second-order valence-corrected chi connectivity index (χ2v) is 6.24. The minimum Gasteiger partial charge on any atom is -0.369 e. The van der Waals surface area contributed by atoms with Crippen molar-refractivity contribution < 1.29 is 0 Å². The molecule has 5 nitrogen and oxygen atoms in total. The molecule has 0 unspecified atom stereocenters. The molecule has 0 spiro atoms. The van der Waals surface area contributed by atoms with Gasteiger partial charge in [-0.25, -0.2) is 5.43 Å². The zero-order valence-electron chi connectivity index (χ0n) is 14.0. The van der Waals surface area contributed by atoms with Gasteiger partial charge in [-0.2, -0.15) is 5.10 Å². The number of hydrogen-bond acceptors (Lipinski definition) is 2. The smallest absolute Gasteiger partial charge is 0.209 e. The summed E-state index contributed by atoms with van der Waals surface area (Å²) in [6.45, 7) is 2.65. The van der Waals surface area contributed by atoms with Gasteiger partial charge in [0, 0.05) is 34.2 Å². The van der Waals surface area contributed by atoms with E-state index in [1.165, 1.54) is 11.1 Å². The number of halogens is 1. The Morgan fingerprint density at radius 3 is 2.84 bits per heavy atom. The Morgan fingerprint density at radius 1 is 1.24 bits per heavy atom. The Hall–Kier alpha value is -2.79. The molecule has 1 heterocycles. The SMILES string of the molecule is Cc1ccc2c(/C=N/NC(N)=NCCc3ccc(Cl)cc3)c[nH]c2c1. The van der Waals surface area contributed by atoms with E-state index in [-0.39, 0.29) is 0 Å². The van der Waals surface area contributed by atoms with Gasteiger partial charge in [0.05, 0.1) is 6.21 Å². The van der Waals surface area contributed by atoms with Gasteiger partial charge in [0.1, 0.15) is 0 Å². The van der Waals surface area contributed by atoms with Crippen LogP contribution in [0.1, 0.15) is 16.7 Å². The van der Waals surface area contributed by atoms with E-state index in [2.05, 4.69) is 45.6 Å².